The van der Waals surface area contributed by atoms with Gasteiger partial charge in [-0.15, -0.1) is 0 Å². The van der Waals surface area contributed by atoms with Crippen LogP contribution in [0.3, 0.4) is 0 Å². The van der Waals surface area contributed by atoms with Crippen molar-refractivity contribution in [2.75, 3.05) is 7.11 Å². The molecule has 0 saturated heterocycles. The molecule has 0 aliphatic heterocycles. The predicted molar refractivity (Wildman–Crippen MR) is 77.5 cm³/mol. The van der Waals surface area contributed by atoms with Crippen molar-refractivity contribution in [3.8, 4) is 5.75 Å². The quantitative estimate of drug-likeness (QED) is 0.892. The summed E-state index contributed by atoms with van der Waals surface area (Å²) in [6.07, 6.45) is 1.99. The Hall–Kier alpha value is -1.80. The van der Waals surface area contributed by atoms with Crippen molar-refractivity contribution >= 4 is 0 Å². The molecule has 1 unspecified atom stereocenters. The van der Waals surface area contributed by atoms with Gasteiger partial charge in [0.1, 0.15) is 5.75 Å². The molecule has 19 heavy (non-hydrogen) atoms. The summed E-state index contributed by atoms with van der Waals surface area (Å²) in [4.78, 5) is 0. The van der Waals surface area contributed by atoms with Gasteiger partial charge < -0.3 is 10.5 Å². The van der Waals surface area contributed by atoms with Crippen LogP contribution in [0.1, 0.15) is 28.7 Å². The van der Waals surface area contributed by atoms with E-state index < -0.39 is 0 Å². The van der Waals surface area contributed by atoms with Crippen LogP contribution in [-0.4, -0.2) is 7.11 Å². The second kappa shape index (κ2) is 4.39. The van der Waals surface area contributed by atoms with Crippen LogP contribution >= 0.6 is 0 Å². The Morgan fingerprint density at radius 3 is 2.53 bits per heavy atom. The molecule has 0 spiro atoms. The van der Waals surface area contributed by atoms with Gasteiger partial charge in [0.25, 0.3) is 0 Å². The Kier molecular flexibility index (Phi) is 2.83. The summed E-state index contributed by atoms with van der Waals surface area (Å²) in [5.74, 6) is 0.877. The van der Waals surface area contributed by atoms with Gasteiger partial charge in [0.2, 0.25) is 0 Å². The van der Waals surface area contributed by atoms with E-state index in [1.54, 1.807) is 7.11 Å². The zero-order valence-electron chi connectivity index (χ0n) is 11.4. The fourth-order valence-corrected chi connectivity index (χ4v) is 2.93. The number of fused-ring (bicyclic) bond motifs is 1. The van der Waals surface area contributed by atoms with Gasteiger partial charge in [-0.3, -0.25) is 0 Å². The van der Waals surface area contributed by atoms with Gasteiger partial charge in [-0.25, -0.2) is 0 Å². The highest BCUT2D eigenvalue weighted by atomic mass is 16.5. The minimum absolute atomic E-state index is 0.377. The normalized spacial score (nSPS) is 21.2. The van der Waals surface area contributed by atoms with E-state index in [9.17, 15) is 0 Å². The van der Waals surface area contributed by atoms with Gasteiger partial charge in [0, 0.05) is 0 Å². The first-order valence-electron chi connectivity index (χ1n) is 6.67. The molecule has 3 rings (SSSR count). The van der Waals surface area contributed by atoms with Crippen LogP contribution in [0.25, 0.3) is 0 Å². The highest BCUT2D eigenvalue weighted by molar-refractivity contribution is 5.50. The van der Waals surface area contributed by atoms with Gasteiger partial charge in [0.15, 0.2) is 0 Å². The predicted octanol–water partition coefficient (Wildman–Crippen LogP) is 3.15. The van der Waals surface area contributed by atoms with E-state index in [1.807, 2.05) is 6.07 Å². The first-order valence-corrected chi connectivity index (χ1v) is 6.67. The monoisotopic (exact) mass is 253 g/mol. The lowest BCUT2D eigenvalue weighted by Gasteiger charge is -2.26. The summed E-state index contributed by atoms with van der Waals surface area (Å²) >= 11 is 0. The standard InChI is InChI=1S/C17H19NO/c1-12-3-6-14(7-4-12)17(18)10-9-13-5-8-15(19-2)11-16(13)17/h3-8,11H,9-10,18H2,1-2H3. The molecule has 1 aliphatic rings. The molecular formula is C17H19NO. The van der Waals surface area contributed by atoms with Crippen LogP contribution in [0.15, 0.2) is 42.5 Å². The second-order valence-corrected chi connectivity index (χ2v) is 5.36. The molecule has 1 atom stereocenters. The summed E-state index contributed by atoms with van der Waals surface area (Å²) in [5, 5.41) is 0. The Morgan fingerprint density at radius 1 is 1.11 bits per heavy atom. The zero-order chi connectivity index (χ0) is 13.5. The molecule has 0 heterocycles. The number of hydrogen-bond donors (Lipinski definition) is 1. The number of ether oxygens (including phenoxy) is 1. The molecule has 0 aromatic heterocycles. The van der Waals surface area contributed by atoms with Crippen LogP contribution in [0.5, 0.6) is 5.75 Å². The summed E-state index contributed by atoms with van der Waals surface area (Å²) in [6.45, 7) is 2.10. The molecule has 2 nitrogen and oxygen atoms in total. The topological polar surface area (TPSA) is 35.2 Å². The highest BCUT2D eigenvalue weighted by Crippen LogP contribution is 2.41. The first kappa shape index (κ1) is 12.2. The lowest BCUT2D eigenvalue weighted by Crippen LogP contribution is -2.35. The number of aryl methyl sites for hydroxylation is 2. The number of rotatable bonds is 2. The third-order valence-electron chi connectivity index (χ3n) is 4.15. The van der Waals surface area contributed by atoms with Crippen molar-refractivity contribution in [2.45, 2.75) is 25.3 Å². The van der Waals surface area contributed by atoms with Crippen molar-refractivity contribution in [1.82, 2.24) is 0 Å². The fraction of sp³-hybridized carbons (Fsp3) is 0.294. The van der Waals surface area contributed by atoms with E-state index in [0.717, 1.165) is 18.6 Å². The summed E-state index contributed by atoms with van der Waals surface area (Å²) < 4.78 is 5.33. The van der Waals surface area contributed by atoms with Crippen LogP contribution in [0.4, 0.5) is 0 Å². The molecule has 2 aromatic rings. The van der Waals surface area contributed by atoms with Crippen LogP contribution in [0.2, 0.25) is 0 Å². The van der Waals surface area contributed by atoms with E-state index >= 15 is 0 Å². The van der Waals surface area contributed by atoms with Crippen molar-refractivity contribution in [2.24, 2.45) is 5.73 Å². The average molecular weight is 253 g/mol. The van der Waals surface area contributed by atoms with Gasteiger partial charge in [0.05, 0.1) is 12.6 Å². The van der Waals surface area contributed by atoms with Gasteiger partial charge in [-0.1, -0.05) is 35.9 Å². The second-order valence-electron chi connectivity index (χ2n) is 5.36. The van der Waals surface area contributed by atoms with Crippen LogP contribution in [-0.2, 0) is 12.0 Å². The molecule has 0 fully saturated rings. The molecule has 2 N–H and O–H groups in total. The van der Waals surface area contributed by atoms with Gasteiger partial charge in [-0.2, -0.15) is 0 Å². The van der Waals surface area contributed by atoms with Crippen molar-refractivity contribution in [3.05, 3.63) is 64.7 Å². The van der Waals surface area contributed by atoms with E-state index in [1.165, 1.54) is 22.3 Å². The molecule has 0 radical (unpaired) electrons. The van der Waals surface area contributed by atoms with E-state index in [2.05, 4.69) is 43.3 Å². The van der Waals surface area contributed by atoms with Gasteiger partial charge in [-0.05, 0) is 48.6 Å². The third kappa shape index (κ3) is 1.92. The smallest absolute Gasteiger partial charge is 0.119 e. The maximum Gasteiger partial charge on any atom is 0.119 e. The molecule has 0 amide bonds. The van der Waals surface area contributed by atoms with Crippen LogP contribution in [0, 0.1) is 6.92 Å². The first-order chi connectivity index (χ1) is 9.13. The van der Waals surface area contributed by atoms with Crippen molar-refractivity contribution in [3.63, 3.8) is 0 Å². The zero-order valence-corrected chi connectivity index (χ0v) is 11.4. The Morgan fingerprint density at radius 2 is 1.84 bits per heavy atom. The highest BCUT2D eigenvalue weighted by Gasteiger charge is 2.36. The lowest BCUT2D eigenvalue weighted by atomic mass is 9.85. The minimum atomic E-state index is -0.377. The Balaban J connectivity index is 2.11. The molecule has 1 aliphatic carbocycles. The molecule has 0 saturated carbocycles. The van der Waals surface area contributed by atoms with Gasteiger partial charge >= 0.3 is 0 Å². The minimum Gasteiger partial charge on any atom is -0.497 e. The molecular weight excluding hydrogens is 234 g/mol. The molecule has 98 valence electrons. The number of nitrogens with two attached hydrogens (primary N) is 1. The maximum atomic E-state index is 6.71. The van der Waals surface area contributed by atoms with E-state index in [-0.39, 0.29) is 5.54 Å². The number of methoxy groups -OCH3 is 1. The van der Waals surface area contributed by atoms with Crippen LogP contribution < -0.4 is 10.5 Å². The average Bonchev–Trinajstić information content (AvgIpc) is 2.78. The number of hydrogen-bond acceptors (Lipinski definition) is 2. The molecule has 0 bridgehead atoms. The summed E-state index contributed by atoms with van der Waals surface area (Å²) in [6, 6.07) is 14.8. The van der Waals surface area contributed by atoms with E-state index in [0.29, 0.717) is 0 Å². The number of benzene rings is 2. The fourth-order valence-electron chi connectivity index (χ4n) is 2.93. The summed E-state index contributed by atoms with van der Waals surface area (Å²) in [7, 11) is 1.70. The Bertz CT molecular complexity index is 603. The van der Waals surface area contributed by atoms with E-state index in [4.69, 9.17) is 10.5 Å². The van der Waals surface area contributed by atoms with Crippen molar-refractivity contribution in [1.29, 1.82) is 0 Å². The summed E-state index contributed by atoms with van der Waals surface area (Å²) in [5.41, 5.74) is 11.3. The SMILES string of the molecule is COc1ccc2c(c1)C(N)(c1ccc(C)cc1)CC2. The lowest BCUT2D eigenvalue weighted by molar-refractivity contribution is 0.413. The largest absolute Gasteiger partial charge is 0.497 e. The molecule has 2 heteroatoms. The third-order valence-corrected chi connectivity index (χ3v) is 4.15. The van der Waals surface area contributed by atoms with Crippen molar-refractivity contribution < 1.29 is 4.74 Å². The molecule has 2 aromatic carbocycles. The maximum absolute atomic E-state index is 6.71. The Labute approximate surface area is 114 Å².